The van der Waals surface area contributed by atoms with Crippen LogP contribution in [0.25, 0.3) is 0 Å². The highest BCUT2D eigenvalue weighted by Gasteiger charge is 2.33. The Morgan fingerprint density at radius 1 is 1.52 bits per heavy atom. The molecule has 7 nitrogen and oxygen atoms in total. The maximum atomic E-state index is 12.5. The lowest BCUT2D eigenvalue weighted by Gasteiger charge is -2.14. The van der Waals surface area contributed by atoms with Gasteiger partial charge in [0.15, 0.2) is 0 Å². The summed E-state index contributed by atoms with van der Waals surface area (Å²) in [4.78, 5) is 0.266. The summed E-state index contributed by atoms with van der Waals surface area (Å²) in [6.45, 7) is 5.54. The molecule has 21 heavy (non-hydrogen) atoms. The van der Waals surface area contributed by atoms with Gasteiger partial charge in [-0.2, -0.15) is 9.40 Å². The lowest BCUT2D eigenvalue weighted by atomic mass is 10.3. The first-order valence-corrected chi connectivity index (χ1v) is 8.78. The summed E-state index contributed by atoms with van der Waals surface area (Å²) in [5.41, 5.74) is 0. The van der Waals surface area contributed by atoms with Crippen molar-refractivity contribution in [3.05, 3.63) is 12.4 Å². The van der Waals surface area contributed by atoms with E-state index in [9.17, 15) is 8.42 Å². The van der Waals surface area contributed by atoms with E-state index in [2.05, 4.69) is 17.3 Å². The van der Waals surface area contributed by atoms with Gasteiger partial charge in [-0.15, -0.1) is 0 Å². The molecule has 0 radical (unpaired) electrons. The highest BCUT2D eigenvalue weighted by atomic mass is 32.2. The highest BCUT2D eigenvalue weighted by molar-refractivity contribution is 7.89. The smallest absolute Gasteiger partial charge is 0.246 e. The third-order valence-corrected chi connectivity index (χ3v) is 5.50. The molecule has 8 heteroatoms. The monoisotopic (exact) mass is 316 g/mol. The number of nitrogens with one attached hydrogen (secondary N) is 1. The molecule has 1 fully saturated rings. The van der Waals surface area contributed by atoms with E-state index in [0.717, 1.165) is 25.9 Å². The second kappa shape index (κ2) is 7.35. The summed E-state index contributed by atoms with van der Waals surface area (Å²) in [6.07, 6.45) is 4.70. The fourth-order valence-corrected chi connectivity index (χ4v) is 3.84. The standard InChI is InChI=1S/C13H24N4O3S/c1-3-14-6-4-7-16-11-13(9-15-16)21(18,19)17-8-5-12(10-17)20-2/h9,11-12,14H,3-8,10H2,1-2H3. The minimum absolute atomic E-state index is 0.00469. The molecule has 0 aromatic carbocycles. The molecule has 1 N–H and O–H groups in total. The number of aromatic nitrogens is 2. The van der Waals surface area contributed by atoms with Crippen molar-refractivity contribution in [2.75, 3.05) is 33.3 Å². The zero-order chi connectivity index (χ0) is 15.3. The molecule has 1 aromatic rings. The molecule has 0 spiro atoms. The van der Waals surface area contributed by atoms with E-state index in [-0.39, 0.29) is 11.0 Å². The fourth-order valence-electron chi connectivity index (χ4n) is 2.40. The zero-order valence-corrected chi connectivity index (χ0v) is 13.5. The topological polar surface area (TPSA) is 76.5 Å². The van der Waals surface area contributed by atoms with Crippen molar-refractivity contribution in [2.45, 2.75) is 37.3 Å². The number of ether oxygens (including phenoxy) is 1. The molecular formula is C13H24N4O3S. The van der Waals surface area contributed by atoms with Gasteiger partial charge in [-0.25, -0.2) is 8.42 Å². The van der Waals surface area contributed by atoms with Crippen molar-refractivity contribution >= 4 is 10.0 Å². The van der Waals surface area contributed by atoms with Crippen LogP contribution in [0, 0.1) is 0 Å². The second-order valence-electron chi connectivity index (χ2n) is 5.16. The molecule has 1 aliphatic heterocycles. The Balaban J connectivity index is 1.96. The van der Waals surface area contributed by atoms with Gasteiger partial charge in [-0.05, 0) is 25.9 Å². The highest BCUT2D eigenvalue weighted by Crippen LogP contribution is 2.21. The van der Waals surface area contributed by atoms with Crippen molar-refractivity contribution < 1.29 is 13.2 Å². The first-order chi connectivity index (χ1) is 10.1. The van der Waals surface area contributed by atoms with Gasteiger partial charge in [0.2, 0.25) is 10.0 Å². The van der Waals surface area contributed by atoms with Crippen LogP contribution < -0.4 is 5.32 Å². The number of sulfonamides is 1. The Morgan fingerprint density at radius 3 is 3.00 bits per heavy atom. The molecule has 0 amide bonds. The first-order valence-electron chi connectivity index (χ1n) is 7.34. The predicted molar refractivity (Wildman–Crippen MR) is 79.6 cm³/mol. The minimum atomic E-state index is -3.44. The van der Waals surface area contributed by atoms with Crippen LogP contribution in [0.1, 0.15) is 19.8 Å². The van der Waals surface area contributed by atoms with Crippen LogP contribution >= 0.6 is 0 Å². The molecule has 1 aromatic heterocycles. The number of rotatable bonds is 8. The molecule has 0 saturated carbocycles. The van der Waals surface area contributed by atoms with Crippen LogP contribution in [0.2, 0.25) is 0 Å². The average Bonchev–Trinajstić information content (AvgIpc) is 3.13. The summed E-state index contributed by atoms with van der Waals surface area (Å²) < 4.78 is 33.4. The van der Waals surface area contributed by atoms with E-state index in [4.69, 9.17) is 4.74 Å². The third-order valence-electron chi connectivity index (χ3n) is 3.68. The van der Waals surface area contributed by atoms with Crippen LogP contribution in [0.4, 0.5) is 0 Å². The van der Waals surface area contributed by atoms with Gasteiger partial charge in [0.25, 0.3) is 0 Å². The van der Waals surface area contributed by atoms with Crippen molar-refractivity contribution in [3.8, 4) is 0 Å². The van der Waals surface area contributed by atoms with Crippen LogP contribution in [0.3, 0.4) is 0 Å². The molecule has 0 bridgehead atoms. The lowest BCUT2D eigenvalue weighted by molar-refractivity contribution is 0.115. The van der Waals surface area contributed by atoms with Crippen molar-refractivity contribution in [1.29, 1.82) is 0 Å². The molecule has 120 valence electrons. The zero-order valence-electron chi connectivity index (χ0n) is 12.7. The summed E-state index contributed by atoms with van der Waals surface area (Å²) >= 11 is 0. The molecule has 2 rings (SSSR count). The Hall–Kier alpha value is -0.960. The number of hydrogen-bond acceptors (Lipinski definition) is 5. The summed E-state index contributed by atoms with van der Waals surface area (Å²) in [5.74, 6) is 0. The molecule has 1 aliphatic rings. The van der Waals surface area contributed by atoms with E-state index in [1.807, 2.05) is 0 Å². The van der Waals surface area contributed by atoms with Crippen LogP contribution in [0.5, 0.6) is 0 Å². The van der Waals surface area contributed by atoms with E-state index in [0.29, 0.717) is 19.6 Å². The van der Waals surface area contributed by atoms with E-state index in [1.165, 1.54) is 10.5 Å². The maximum absolute atomic E-state index is 12.5. The maximum Gasteiger partial charge on any atom is 0.246 e. The van der Waals surface area contributed by atoms with Gasteiger partial charge in [0.1, 0.15) is 4.90 Å². The van der Waals surface area contributed by atoms with Crippen LogP contribution in [0.15, 0.2) is 17.3 Å². The van der Waals surface area contributed by atoms with Crippen molar-refractivity contribution in [2.24, 2.45) is 0 Å². The molecule has 0 aliphatic carbocycles. The summed E-state index contributed by atoms with van der Waals surface area (Å²) in [7, 11) is -1.83. The predicted octanol–water partition coefficient (Wildman–Crippen LogP) is 0.292. The summed E-state index contributed by atoms with van der Waals surface area (Å²) in [5, 5.41) is 7.37. The molecule has 1 unspecified atom stereocenters. The largest absolute Gasteiger partial charge is 0.380 e. The minimum Gasteiger partial charge on any atom is -0.380 e. The van der Waals surface area contributed by atoms with Gasteiger partial charge in [-0.3, -0.25) is 4.68 Å². The Kier molecular flexibility index (Phi) is 5.74. The summed E-state index contributed by atoms with van der Waals surface area (Å²) in [6, 6.07) is 0. The van der Waals surface area contributed by atoms with Gasteiger partial charge in [-0.1, -0.05) is 6.92 Å². The normalized spacial score (nSPS) is 20.2. The Morgan fingerprint density at radius 2 is 2.33 bits per heavy atom. The third kappa shape index (κ3) is 4.03. The van der Waals surface area contributed by atoms with Crippen molar-refractivity contribution in [3.63, 3.8) is 0 Å². The van der Waals surface area contributed by atoms with Gasteiger partial charge < -0.3 is 10.1 Å². The van der Waals surface area contributed by atoms with Gasteiger partial charge in [0, 0.05) is 32.9 Å². The lowest BCUT2D eigenvalue weighted by Crippen LogP contribution is -2.29. The molecular weight excluding hydrogens is 292 g/mol. The Labute approximate surface area is 126 Å². The van der Waals surface area contributed by atoms with Gasteiger partial charge in [0.05, 0.1) is 12.3 Å². The average molecular weight is 316 g/mol. The molecule has 1 atom stereocenters. The van der Waals surface area contributed by atoms with Crippen LogP contribution in [-0.2, 0) is 21.3 Å². The second-order valence-corrected chi connectivity index (χ2v) is 7.09. The quantitative estimate of drug-likeness (QED) is 0.698. The van der Waals surface area contributed by atoms with E-state index in [1.54, 1.807) is 18.0 Å². The number of methoxy groups -OCH3 is 1. The number of aryl methyl sites for hydroxylation is 1. The molecule has 1 saturated heterocycles. The number of nitrogens with zero attached hydrogens (tertiary/aromatic N) is 3. The fraction of sp³-hybridized carbons (Fsp3) is 0.769. The first kappa shape index (κ1) is 16.4. The van der Waals surface area contributed by atoms with Crippen molar-refractivity contribution in [1.82, 2.24) is 19.4 Å². The van der Waals surface area contributed by atoms with E-state index < -0.39 is 10.0 Å². The molecule has 2 heterocycles. The Bertz CT molecular complexity index is 543. The number of hydrogen-bond donors (Lipinski definition) is 1. The SMILES string of the molecule is CCNCCCn1cc(S(=O)(=O)N2CCC(OC)C2)cn1. The van der Waals surface area contributed by atoms with Gasteiger partial charge >= 0.3 is 0 Å². The van der Waals surface area contributed by atoms with E-state index >= 15 is 0 Å². The van der Waals surface area contributed by atoms with Crippen LogP contribution in [-0.4, -0.2) is 61.9 Å².